The Morgan fingerprint density at radius 2 is 2.20 bits per heavy atom. The lowest BCUT2D eigenvalue weighted by atomic mass is 10.2. The van der Waals surface area contributed by atoms with E-state index in [1.165, 1.54) is 0 Å². The van der Waals surface area contributed by atoms with Gasteiger partial charge in [-0.3, -0.25) is 0 Å². The Hall–Kier alpha value is -2.08. The molecule has 0 fully saturated rings. The van der Waals surface area contributed by atoms with Crippen molar-refractivity contribution in [2.45, 2.75) is 32.1 Å². The Bertz CT molecular complexity index is 585. The SMILES string of the molecule is CCC(O)c1cn(CC2COc3ccccc3O2)nn1. The van der Waals surface area contributed by atoms with Crippen LogP contribution >= 0.6 is 0 Å². The number of hydrogen-bond acceptors (Lipinski definition) is 5. The zero-order chi connectivity index (χ0) is 13.9. The number of fused-ring (bicyclic) bond motifs is 1. The molecule has 2 heterocycles. The number of aliphatic hydroxyl groups is 1. The molecule has 2 aromatic rings. The second-order valence-corrected chi connectivity index (χ2v) is 4.79. The fourth-order valence-electron chi connectivity index (χ4n) is 2.13. The molecular formula is C14H17N3O3. The first-order valence-corrected chi connectivity index (χ1v) is 6.73. The molecule has 1 aliphatic heterocycles. The predicted octanol–water partition coefficient (Wildman–Crippen LogP) is 1.56. The van der Waals surface area contributed by atoms with Crippen LogP contribution in [0.2, 0.25) is 0 Å². The number of para-hydroxylation sites is 2. The van der Waals surface area contributed by atoms with E-state index in [0.29, 0.717) is 25.3 Å². The maximum absolute atomic E-state index is 9.71. The van der Waals surface area contributed by atoms with Crippen LogP contribution in [0.15, 0.2) is 30.5 Å². The van der Waals surface area contributed by atoms with Gasteiger partial charge in [-0.1, -0.05) is 24.3 Å². The van der Waals surface area contributed by atoms with E-state index in [-0.39, 0.29) is 6.10 Å². The van der Waals surface area contributed by atoms with Crippen molar-refractivity contribution in [2.24, 2.45) is 0 Å². The van der Waals surface area contributed by atoms with Gasteiger partial charge in [-0.2, -0.15) is 0 Å². The maximum Gasteiger partial charge on any atom is 0.161 e. The van der Waals surface area contributed by atoms with Crippen LogP contribution in [0.4, 0.5) is 0 Å². The van der Waals surface area contributed by atoms with Gasteiger partial charge in [0.1, 0.15) is 12.3 Å². The number of rotatable bonds is 4. The zero-order valence-electron chi connectivity index (χ0n) is 11.3. The lowest BCUT2D eigenvalue weighted by Gasteiger charge is -2.26. The molecule has 1 aromatic heterocycles. The predicted molar refractivity (Wildman–Crippen MR) is 71.6 cm³/mol. The highest BCUT2D eigenvalue weighted by Gasteiger charge is 2.21. The van der Waals surface area contributed by atoms with Gasteiger partial charge in [-0.05, 0) is 18.6 Å². The monoisotopic (exact) mass is 275 g/mol. The number of hydrogen-bond donors (Lipinski definition) is 1. The molecule has 6 nitrogen and oxygen atoms in total. The van der Waals surface area contributed by atoms with Crippen LogP contribution in [-0.4, -0.2) is 32.8 Å². The van der Waals surface area contributed by atoms with E-state index in [2.05, 4.69) is 10.3 Å². The van der Waals surface area contributed by atoms with E-state index < -0.39 is 6.10 Å². The molecule has 0 saturated carbocycles. The van der Waals surface area contributed by atoms with E-state index in [9.17, 15) is 5.11 Å². The van der Waals surface area contributed by atoms with Crippen molar-refractivity contribution in [2.75, 3.05) is 6.61 Å². The van der Waals surface area contributed by atoms with E-state index >= 15 is 0 Å². The van der Waals surface area contributed by atoms with Gasteiger partial charge in [-0.15, -0.1) is 5.10 Å². The van der Waals surface area contributed by atoms with Gasteiger partial charge in [0, 0.05) is 0 Å². The molecule has 0 aliphatic carbocycles. The van der Waals surface area contributed by atoms with Gasteiger partial charge in [0.15, 0.2) is 17.6 Å². The molecule has 0 bridgehead atoms. The van der Waals surface area contributed by atoms with Crippen molar-refractivity contribution in [3.63, 3.8) is 0 Å². The average molecular weight is 275 g/mol. The summed E-state index contributed by atoms with van der Waals surface area (Å²) in [5.41, 5.74) is 0.588. The molecule has 6 heteroatoms. The molecule has 1 aliphatic rings. The number of aliphatic hydroxyl groups excluding tert-OH is 1. The molecule has 1 N–H and O–H groups in total. The van der Waals surface area contributed by atoms with Gasteiger partial charge >= 0.3 is 0 Å². The zero-order valence-corrected chi connectivity index (χ0v) is 11.3. The summed E-state index contributed by atoms with van der Waals surface area (Å²) < 4.78 is 13.2. The number of benzene rings is 1. The third-order valence-corrected chi connectivity index (χ3v) is 3.24. The topological polar surface area (TPSA) is 69.4 Å². The van der Waals surface area contributed by atoms with Crippen LogP contribution in [0, 0.1) is 0 Å². The largest absolute Gasteiger partial charge is 0.486 e. The van der Waals surface area contributed by atoms with Crippen LogP contribution in [-0.2, 0) is 6.54 Å². The molecule has 0 saturated heterocycles. The minimum atomic E-state index is -0.562. The molecule has 3 rings (SSSR count). The Morgan fingerprint density at radius 1 is 1.40 bits per heavy atom. The van der Waals surface area contributed by atoms with Crippen molar-refractivity contribution in [1.29, 1.82) is 0 Å². The molecule has 106 valence electrons. The number of nitrogens with zero attached hydrogens (tertiary/aromatic N) is 3. The Kier molecular flexibility index (Phi) is 3.56. The Morgan fingerprint density at radius 3 is 3.00 bits per heavy atom. The molecular weight excluding hydrogens is 258 g/mol. The summed E-state index contributed by atoms with van der Waals surface area (Å²) in [7, 11) is 0. The second-order valence-electron chi connectivity index (χ2n) is 4.79. The quantitative estimate of drug-likeness (QED) is 0.917. The van der Waals surface area contributed by atoms with Gasteiger partial charge in [0.05, 0.1) is 18.8 Å². The van der Waals surface area contributed by atoms with E-state index in [0.717, 1.165) is 11.5 Å². The minimum absolute atomic E-state index is 0.113. The van der Waals surface area contributed by atoms with Crippen molar-refractivity contribution >= 4 is 0 Å². The third-order valence-electron chi connectivity index (χ3n) is 3.24. The molecule has 0 radical (unpaired) electrons. The normalized spacial score (nSPS) is 18.8. The minimum Gasteiger partial charge on any atom is -0.486 e. The van der Waals surface area contributed by atoms with Crippen LogP contribution in [0.5, 0.6) is 11.5 Å². The van der Waals surface area contributed by atoms with Crippen molar-refractivity contribution in [3.05, 3.63) is 36.2 Å². The fraction of sp³-hybridized carbons (Fsp3) is 0.429. The summed E-state index contributed by atoms with van der Waals surface area (Å²) >= 11 is 0. The highest BCUT2D eigenvalue weighted by Crippen LogP contribution is 2.31. The Balaban J connectivity index is 1.66. The van der Waals surface area contributed by atoms with Crippen LogP contribution < -0.4 is 9.47 Å². The van der Waals surface area contributed by atoms with Gasteiger partial charge in [-0.25, -0.2) is 4.68 Å². The standard InChI is InChI=1S/C14H17N3O3/c1-2-12(18)11-8-17(16-15-11)7-10-9-19-13-5-3-4-6-14(13)20-10/h3-6,8,10,12,18H,2,7,9H2,1H3. The first-order valence-electron chi connectivity index (χ1n) is 6.73. The van der Waals surface area contributed by atoms with Gasteiger partial charge in [0.25, 0.3) is 0 Å². The maximum atomic E-state index is 9.71. The summed E-state index contributed by atoms with van der Waals surface area (Å²) in [5, 5.41) is 17.7. The highest BCUT2D eigenvalue weighted by molar-refractivity contribution is 5.40. The van der Waals surface area contributed by atoms with E-state index in [1.54, 1.807) is 10.9 Å². The summed E-state index contributed by atoms with van der Waals surface area (Å²) in [4.78, 5) is 0. The molecule has 2 atom stereocenters. The summed E-state index contributed by atoms with van der Waals surface area (Å²) in [6.45, 7) is 2.92. The van der Waals surface area contributed by atoms with E-state index in [1.807, 2.05) is 31.2 Å². The summed E-state index contributed by atoms with van der Waals surface area (Å²) in [6, 6.07) is 7.60. The second kappa shape index (κ2) is 5.50. The molecule has 20 heavy (non-hydrogen) atoms. The van der Waals surface area contributed by atoms with Gasteiger partial charge in [0.2, 0.25) is 0 Å². The molecule has 1 aromatic carbocycles. The lowest BCUT2D eigenvalue weighted by Crippen LogP contribution is -2.33. The van der Waals surface area contributed by atoms with Crippen LogP contribution in [0.25, 0.3) is 0 Å². The van der Waals surface area contributed by atoms with Crippen LogP contribution in [0.1, 0.15) is 25.1 Å². The smallest absolute Gasteiger partial charge is 0.161 e. The fourth-order valence-corrected chi connectivity index (χ4v) is 2.13. The average Bonchev–Trinajstić information content (AvgIpc) is 2.95. The Labute approximate surface area is 116 Å². The lowest BCUT2D eigenvalue weighted by molar-refractivity contribution is 0.0754. The van der Waals surface area contributed by atoms with Crippen molar-refractivity contribution < 1.29 is 14.6 Å². The number of ether oxygens (including phenoxy) is 2. The van der Waals surface area contributed by atoms with Crippen molar-refractivity contribution in [3.8, 4) is 11.5 Å². The third kappa shape index (κ3) is 2.60. The molecule has 0 amide bonds. The summed E-state index contributed by atoms with van der Waals surface area (Å²) in [6.07, 6.45) is 1.69. The highest BCUT2D eigenvalue weighted by atomic mass is 16.6. The summed E-state index contributed by atoms with van der Waals surface area (Å²) in [5.74, 6) is 1.52. The number of aromatic nitrogens is 3. The first-order chi connectivity index (χ1) is 9.76. The molecule has 2 unspecified atom stereocenters. The van der Waals surface area contributed by atoms with Crippen molar-refractivity contribution in [1.82, 2.24) is 15.0 Å². The molecule has 0 spiro atoms. The van der Waals surface area contributed by atoms with Crippen LogP contribution in [0.3, 0.4) is 0 Å². The first kappa shape index (κ1) is 12.9. The van der Waals surface area contributed by atoms with E-state index in [4.69, 9.17) is 9.47 Å². The van der Waals surface area contributed by atoms with Gasteiger partial charge < -0.3 is 14.6 Å².